The summed E-state index contributed by atoms with van der Waals surface area (Å²) in [4.78, 5) is 25.4. The average Bonchev–Trinajstić information content (AvgIpc) is 3.05. The van der Waals surface area contributed by atoms with Gasteiger partial charge in [-0.1, -0.05) is 19.1 Å². The lowest BCUT2D eigenvalue weighted by Gasteiger charge is -2.18. The number of ether oxygens (including phenoxy) is 1. The van der Waals surface area contributed by atoms with E-state index < -0.39 is 5.97 Å². The van der Waals surface area contributed by atoms with Gasteiger partial charge in [0, 0.05) is 11.3 Å². The van der Waals surface area contributed by atoms with Crippen molar-refractivity contribution in [1.82, 2.24) is 15.0 Å². The first-order valence-corrected chi connectivity index (χ1v) is 10.7. The maximum absolute atomic E-state index is 11.3. The first kappa shape index (κ1) is 21.7. The molecule has 0 aliphatic heterocycles. The van der Waals surface area contributed by atoms with Crippen molar-refractivity contribution in [2.45, 2.75) is 46.5 Å². The molecule has 3 aromatic rings. The van der Waals surface area contributed by atoms with Crippen LogP contribution in [0.4, 0.5) is 11.4 Å². The lowest BCUT2D eigenvalue weighted by molar-refractivity contribution is -0.137. The van der Waals surface area contributed by atoms with Crippen LogP contribution in [0.1, 0.15) is 48.9 Å². The van der Waals surface area contributed by atoms with Crippen LogP contribution >= 0.6 is 11.3 Å². The molecule has 158 valence electrons. The van der Waals surface area contributed by atoms with Gasteiger partial charge in [-0.15, -0.1) is 11.3 Å². The number of aryl methyl sites for hydroxylation is 2. The summed E-state index contributed by atoms with van der Waals surface area (Å²) in [6, 6.07) is 6.41. The van der Waals surface area contributed by atoms with Crippen molar-refractivity contribution in [1.29, 1.82) is 0 Å². The summed E-state index contributed by atoms with van der Waals surface area (Å²) >= 11 is 1.64. The number of anilines is 2. The highest BCUT2D eigenvalue weighted by molar-refractivity contribution is 7.15. The van der Waals surface area contributed by atoms with Crippen LogP contribution < -0.4 is 10.1 Å². The molecule has 0 amide bonds. The largest absolute Gasteiger partial charge is 0.481 e. The first-order chi connectivity index (χ1) is 14.4. The number of nitrogens with one attached hydrogen (secondary N) is 1. The molecule has 7 nitrogen and oxygen atoms in total. The number of hydrogen-bond acceptors (Lipinski definition) is 7. The van der Waals surface area contributed by atoms with E-state index in [2.05, 4.69) is 20.3 Å². The Morgan fingerprint density at radius 3 is 2.53 bits per heavy atom. The Kier molecular flexibility index (Phi) is 6.99. The molecule has 2 heterocycles. The average molecular weight is 427 g/mol. The second-order valence-electron chi connectivity index (χ2n) is 6.97. The summed E-state index contributed by atoms with van der Waals surface area (Å²) in [6.07, 6.45) is 4.19. The van der Waals surface area contributed by atoms with Gasteiger partial charge in [0.15, 0.2) is 0 Å². The van der Waals surface area contributed by atoms with Gasteiger partial charge in [0.25, 0.3) is 0 Å². The number of aliphatic carboxylic acids is 1. The van der Waals surface area contributed by atoms with Gasteiger partial charge < -0.3 is 15.2 Å². The SMILES string of the molecule is CCOc1ncc(Nc2cc(C(CC)CC(=O)O)ccc2-c2sc(C)nc2C)cn1. The Morgan fingerprint density at radius 1 is 1.23 bits per heavy atom. The lowest BCUT2D eigenvalue weighted by atomic mass is 9.91. The number of aromatic nitrogens is 3. The Bertz CT molecular complexity index is 1020. The summed E-state index contributed by atoms with van der Waals surface area (Å²) in [6.45, 7) is 8.38. The highest BCUT2D eigenvalue weighted by Crippen LogP contribution is 2.38. The first-order valence-electron chi connectivity index (χ1n) is 9.93. The normalized spacial score (nSPS) is 11.9. The van der Waals surface area contributed by atoms with Crippen molar-refractivity contribution in [2.24, 2.45) is 0 Å². The molecule has 1 atom stereocenters. The van der Waals surface area contributed by atoms with Gasteiger partial charge in [-0.2, -0.15) is 0 Å². The third-order valence-corrected chi connectivity index (χ3v) is 5.86. The van der Waals surface area contributed by atoms with E-state index in [0.717, 1.165) is 44.5 Å². The van der Waals surface area contributed by atoms with E-state index in [1.807, 2.05) is 45.9 Å². The molecule has 0 fully saturated rings. The van der Waals surface area contributed by atoms with E-state index in [9.17, 15) is 9.90 Å². The minimum absolute atomic E-state index is 0.0574. The molecule has 30 heavy (non-hydrogen) atoms. The molecule has 2 N–H and O–H groups in total. The van der Waals surface area contributed by atoms with Crippen LogP contribution in [0.25, 0.3) is 10.4 Å². The second-order valence-corrected chi connectivity index (χ2v) is 8.17. The van der Waals surface area contributed by atoms with E-state index >= 15 is 0 Å². The van der Waals surface area contributed by atoms with Gasteiger partial charge in [0.2, 0.25) is 0 Å². The van der Waals surface area contributed by atoms with E-state index in [4.69, 9.17) is 4.74 Å². The zero-order valence-corrected chi connectivity index (χ0v) is 18.4. The lowest BCUT2D eigenvalue weighted by Crippen LogP contribution is -2.06. The maximum atomic E-state index is 11.3. The molecule has 0 aliphatic rings. The number of carboxylic acids is 1. The smallest absolute Gasteiger partial charge is 0.316 e. The standard InChI is InChI=1S/C22H26N4O3S/c1-5-15(10-20(27)28)16-7-8-18(21-13(3)25-14(4)30-21)19(9-16)26-17-11-23-22(24-12-17)29-6-2/h7-9,11-12,15,26H,5-6,10H2,1-4H3,(H,27,28). The van der Waals surface area contributed by atoms with Crippen molar-refractivity contribution < 1.29 is 14.6 Å². The summed E-state index contributed by atoms with van der Waals surface area (Å²) in [5.74, 6) is -0.854. The number of hydrogen-bond donors (Lipinski definition) is 2. The van der Waals surface area contributed by atoms with Gasteiger partial charge in [0.1, 0.15) is 0 Å². The molecular formula is C22H26N4O3S. The molecule has 0 saturated heterocycles. The number of carbonyl (C=O) groups is 1. The minimum atomic E-state index is -0.797. The zero-order chi connectivity index (χ0) is 21.7. The summed E-state index contributed by atoms with van der Waals surface area (Å²) in [7, 11) is 0. The monoisotopic (exact) mass is 426 g/mol. The molecule has 8 heteroatoms. The maximum Gasteiger partial charge on any atom is 0.316 e. The van der Waals surface area contributed by atoms with Gasteiger partial charge >= 0.3 is 12.0 Å². The quantitative estimate of drug-likeness (QED) is 0.477. The van der Waals surface area contributed by atoms with Crippen LogP contribution in [-0.4, -0.2) is 32.6 Å². The van der Waals surface area contributed by atoms with Crippen molar-refractivity contribution in [3.8, 4) is 16.5 Å². The highest BCUT2D eigenvalue weighted by atomic mass is 32.1. The van der Waals surface area contributed by atoms with Crippen LogP contribution in [0.2, 0.25) is 0 Å². The Balaban J connectivity index is 2.02. The third-order valence-electron chi connectivity index (χ3n) is 4.76. The number of thiazole rings is 1. The van der Waals surface area contributed by atoms with Gasteiger partial charge in [-0.3, -0.25) is 4.79 Å². The fraction of sp³-hybridized carbons (Fsp3) is 0.364. The summed E-state index contributed by atoms with van der Waals surface area (Å²) in [5, 5.41) is 13.7. The Morgan fingerprint density at radius 2 is 1.97 bits per heavy atom. The number of carboxylic acid groups (broad SMARTS) is 1. The predicted molar refractivity (Wildman–Crippen MR) is 119 cm³/mol. The van der Waals surface area contributed by atoms with E-state index in [1.54, 1.807) is 23.7 Å². The molecular weight excluding hydrogens is 400 g/mol. The summed E-state index contributed by atoms with van der Waals surface area (Å²) < 4.78 is 5.31. The van der Waals surface area contributed by atoms with Crippen molar-refractivity contribution in [3.63, 3.8) is 0 Å². The molecule has 1 unspecified atom stereocenters. The van der Waals surface area contributed by atoms with Gasteiger partial charge in [0.05, 0.1) is 46.7 Å². The predicted octanol–water partition coefficient (Wildman–Crippen LogP) is 5.33. The van der Waals surface area contributed by atoms with Gasteiger partial charge in [-0.05, 0) is 44.7 Å². The molecule has 0 bridgehead atoms. The van der Waals surface area contributed by atoms with Crippen molar-refractivity contribution >= 4 is 28.7 Å². The van der Waals surface area contributed by atoms with E-state index in [1.165, 1.54) is 0 Å². The molecule has 0 saturated carbocycles. The van der Waals surface area contributed by atoms with Crippen LogP contribution in [0.15, 0.2) is 30.6 Å². The van der Waals surface area contributed by atoms with Crippen LogP contribution in [0.5, 0.6) is 6.01 Å². The second kappa shape index (κ2) is 9.67. The Labute approximate surface area is 180 Å². The number of rotatable bonds is 9. The molecule has 0 radical (unpaired) electrons. The fourth-order valence-electron chi connectivity index (χ4n) is 3.35. The molecule has 1 aromatic carbocycles. The topological polar surface area (TPSA) is 97.2 Å². The molecule has 2 aromatic heterocycles. The zero-order valence-electron chi connectivity index (χ0n) is 17.6. The molecule has 3 rings (SSSR count). The van der Waals surface area contributed by atoms with Crippen molar-refractivity contribution in [2.75, 3.05) is 11.9 Å². The number of benzene rings is 1. The van der Waals surface area contributed by atoms with Crippen LogP contribution in [0.3, 0.4) is 0 Å². The Hall–Kier alpha value is -3.00. The summed E-state index contributed by atoms with van der Waals surface area (Å²) in [5.41, 5.74) is 4.56. The van der Waals surface area contributed by atoms with Crippen molar-refractivity contribution in [3.05, 3.63) is 46.9 Å². The number of nitrogens with zero attached hydrogens (tertiary/aromatic N) is 3. The van der Waals surface area contributed by atoms with E-state index in [0.29, 0.717) is 12.6 Å². The molecule has 0 aliphatic carbocycles. The van der Waals surface area contributed by atoms with Crippen LogP contribution in [-0.2, 0) is 4.79 Å². The minimum Gasteiger partial charge on any atom is -0.481 e. The molecule has 0 spiro atoms. The highest BCUT2D eigenvalue weighted by Gasteiger charge is 2.18. The van der Waals surface area contributed by atoms with Crippen LogP contribution in [0, 0.1) is 13.8 Å². The fourth-order valence-corrected chi connectivity index (χ4v) is 4.31. The van der Waals surface area contributed by atoms with Gasteiger partial charge in [-0.25, -0.2) is 15.0 Å². The van der Waals surface area contributed by atoms with E-state index in [-0.39, 0.29) is 12.3 Å². The third kappa shape index (κ3) is 5.13.